The van der Waals surface area contributed by atoms with Crippen LogP contribution < -0.4 is 24.3 Å². The number of hydrogen-bond donors (Lipinski definition) is 1. The molecule has 2 aromatic rings. The molecule has 1 aliphatic rings. The molecular weight excluding hydrogens is 378 g/mol. The quantitative estimate of drug-likeness (QED) is 0.713. The molecular formula is C21H23NO7. The average Bonchev–Trinajstić information content (AvgIpc) is 2.76. The summed E-state index contributed by atoms with van der Waals surface area (Å²) >= 11 is 0. The summed E-state index contributed by atoms with van der Waals surface area (Å²) in [6.45, 7) is 2.27. The molecule has 0 fully saturated rings. The number of benzene rings is 2. The molecule has 8 heteroatoms. The van der Waals surface area contributed by atoms with E-state index in [0.717, 1.165) is 5.56 Å². The second kappa shape index (κ2) is 9.18. The molecule has 1 amide bonds. The predicted octanol–water partition coefficient (Wildman–Crippen LogP) is 2.51. The van der Waals surface area contributed by atoms with Gasteiger partial charge in [-0.25, -0.2) is 4.79 Å². The van der Waals surface area contributed by atoms with Crippen molar-refractivity contribution in [1.29, 1.82) is 0 Å². The molecule has 0 saturated carbocycles. The first-order chi connectivity index (χ1) is 14.0. The summed E-state index contributed by atoms with van der Waals surface area (Å²) in [5.41, 5.74) is 1.03. The molecule has 0 spiro atoms. The summed E-state index contributed by atoms with van der Waals surface area (Å²) in [6.07, 6.45) is 0. The van der Waals surface area contributed by atoms with Crippen LogP contribution in [0.2, 0.25) is 0 Å². The van der Waals surface area contributed by atoms with E-state index in [1.165, 1.54) is 0 Å². The zero-order valence-electron chi connectivity index (χ0n) is 16.5. The molecule has 8 nitrogen and oxygen atoms in total. The van der Waals surface area contributed by atoms with Crippen molar-refractivity contribution in [3.05, 3.63) is 47.5 Å². The number of esters is 1. The van der Waals surface area contributed by atoms with Gasteiger partial charge in [0.25, 0.3) is 5.91 Å². The van der Waals surface area contributed by atoms with E-state index < -0.39 is 18.5 Å². The maximum Gasteiger partial charge on any atom is 0.338 e. The van der Waals surface area contributed by atoms with Gasteiger partial charge in [0.1, 0.15) is 24.7 Å². The predicted molar refractivity (Wildman–Crippen MR) is 104 cm³/mol. The van der Waals surface area contributed by atoms with Crippen molar-refractivity contribution in [3.8, 4) is 23.0 Å². The Kier molecular flexibility index (Phi) is 6.43. The maximum atomic E-state index is 12.2. The van der Waals surface area contributed by atoms with E-state index >= 15 is 0 Å². The Labute approximate surface area is 168 Å². The molecule has 2 aromatic carbocycles. The number of nitrogens with one attached hydrogen (secondary N) is 1. The van der Waals surface area contributed by atoms with Gasteiger partial charge in [-0.15, -0.1) is 0 Å². The highest BCUT2D eigenvalue weighted by Gasteiger charge is 2.19. The molecule has 0 radical (unpaired) electrons. The van der Waals surface area contributed by atoms with E-state index in [4.69, 9.17) is 23.7 Å². The standard InChI is InChI=1S/C21H23NO7/c1-13(16-11-15(25-2)5-7-17(16)26-3)22-20(23)12-29-21(24)14-4-6-18-19(10-14)28-9-8-27-18/h4-7,10-11,13H,8-9,12H2,1-3H3,(H,22,23)/t13-/m1/s1. The van der Waals surface area contributed by atoms with Crippen LogP contribution in [-0.2, 0) is 9.53 Å². The highest BCUT2D eigenvalue weighted by atomic mass is 16.6. The van der Waals surface area contributed by atoms with Crippen LogP contribution in [0.5, 0.6) is 23.0 Å². The van der Waals surface area contributed by atoms with Crippen molar-refractivity contribution in [3.63, 3.8) is 0 Å². The zero-order chi connectivity index (χ0) is 20.8. The largest absolute Gasteiger partial charge is 0.497 e. The second-order valence-electron chi connectivity index (χ2n) is 6.33. The summed E-state index contributed by atoms with van der Waals surface area (Å²) < 4.78 is 26.5. The molecule has 1 N–H and O–H groups in total. The van der Waals surface area contributed by atoms with Crippen molar-refractivity contribution in [2.24, 2.45) is 0 Å². The van der Waals surface area contributed by atoms with Crippen LogP contribution in [0.1, 0.15) is 28.9 Å². The summed E-state index contributed by atoms with van der Waals surface area (Å²) in [7, 11) is 3.11. The topological polar surface area (TPSA) is 92.3 Å². The molecule has 0 unspecified atom stereocenters. The molecule has 154 valence electrons. The van der Waals surface area contributed by atoms with Gasteiger partial charge >= 0.3 is 5.97 Å². The van der Waals surface area contributed by atoms with Crippen LogP contribution >= 0.6 is 0 Å². The monoisotopic (exact) mass is 401 g/mol. The summed E-state index contributed by atoms with van der Waals surface area (Å²) in [5, 5.41) is 2.78. The summed E-state index contributed by atoms with van der Waals surface area (Å²) in [4.78, 5) is 24.5. The molecule has 29 heavy (non-hydrogen) atoms. The zero-order valence-corrected chi connectivity index (χ0v) is 16.5. The molecule has 1 aliphatic heterocycles. The normalized spacial score (nSPS) is 13.2. The second-order valence-corrected chi connectivity index (χ2v) is 6.33. The lowest BCUT2D eigenvalue weighted by atomic mass is 10.1. The van der Waals surface area contributed by atoms with Crippen molar-refractivity contribution in [2.45, 2.75) is 13.0 Å². The van der Waals surface area contributed by atoms with E-state index in [1.807, 2.05) is 0 Å². The SMILES string of the molecule is COc1ccc(OC)c([C@@H](C)NC(=O)COC(=O)c2ccc3c(c2)OCCO3)c1. The number of methoxy groups -OCH3 is 2. The van der Waals surface area contributed by atoms with Crippen LogP contribution in [0.4, 0.5) is 0 Å². The van der Waals surface area contributed by atoms with E-state index in [0.29, 0.717) is 36.2 Å². The highest BCUT2D eigenvalue weighted by molar-refractivity contribution is 5.92. The van der Waals surface area contributed by atoms with Gasteiger partial charge in [-0.3, -0.25) is 4.79 Å². The number of hydrogen-bond acceptors (Lipinski definition) is 7. The van der Waals surface area contributed by atoms with Crippen molar-refractivity contribution in [2.75, 3.05) is 34.0 Å². The minimum Gasteiger partial charge on any atom is -0.497 e. The lowest BCUT2D eigenvalue weighted by Crippen LogP contribution is -2.31. The van der Waals surface area contributed by atoms with Crippen LogP contribution in [-0.4, -0.2) is 45.9 Å². The number of carbonyl (C=O) groups is 2. The minimum absolute atomic E-state index is 0.282. The van der Waals surface area contributed by atoms with Gasteiger partial charge < -0.3 is 29.0 Å². The molecule has 1 atom stereocenters. The molecule has 0 aromatic heterocycles. The summed E-state index contributed by atoms with van der Waals surface area (Å²) in [6, 6.07) is 9.69. The number of carbonyl (C=O) groups excluding carboxylic acids is 2. The summed E-state index contributed by atoms with van der Waals surface area (Å²) in [5.74, 6) is 1.26. The number of fused-ring (bicyclic) bond motifs is 1. The van der Waals surface area contributed by atoms with Crippen molar-refractivity contribution in [1.82, 2.24) is 5.32 Å². The van der Waals surface area contributed by atoms with E-state index in [9.17, 15) is 9.59 Å². The van der Waals surface area contributed by atoms with E-state index in [2.05, 4.69) is 5.32 Å². The van der Waals surface area contributed by atoms with Crippen LogP contribution in [0, 0.1) is 0 Å². The fraction of sp³-hybridized carbons (Fsp3) is 0.333. The highest BCUT2D eigenvalue weighted by Crippen LogP contribution is 2.31. The Morgan fingerprint density at radius 1 is 1.03 bits per heavy atom. The van der Waals surface area contributed by atoms with Gasteiger partial charge in [0.2, 0.25) is 0 Å². The first-order valence-corrected chi connectivity index (χ1v) is 9.10. The number of ether oxygens (including phenoxy) is 5. The lowest BCUT2D eigenvalue weighted by Gasteiger charge is -2.19. The molecule has 1 heterocycles. The third-order valence-electron chi connectivity index (χ3n) is 4.39. The van der Waals surface area contributed by atoms with Gasteiger partial charge in [-0.2, -0.15) is 0 Å². The Balaban J connectivity index is 1.57. The Bertz CT molecular complexity index is 897. The fourth-order valence-electron chi connectivity index (χ4n) is 2.92. The Morgan fingerprint density at radius 2 is 1.79 bits per heavy atom. The maximum absolute atomic E-state index is 12.2. The van der Waals surface area contributed by atoms with Crippen LogP contribution in [0.25, 0.3) is 0 Å². The fourth-order valence-corrected chi connectivity index (χ4v) is 2.92. The van der Waals surface area contributed by atoms with Crippen molar-refractivity contribution < 1.29 is 33.3 Å². The Morgan fingerprint density at radius 3 is 2.52 bits per heavy atom. The smallest absolute Gasteiger partial charge is 0.338 e. The van der Waals surface area contributed by atoms with Gasteiger partial charge in [-0.1, -0.05) is 0 Å². The van der Waals surface area contributed by atoms with Gasteiger partial charge in [0.05, 0.1) is 25.8 Å². The van der Waals surface area contributed by atoms with Gasteiger partial charge in [-0.05, 0) is 43.3 Å². The Hall–Kier alpha value is -3.42. The van der Waals surface area contributed by atoms with Gasteiger partial charge in [0, 0.05) is 5.56 Å². The third kappa shape index (κ3) is 4.90. The molecule has 0 aliphatic carbocycles. The average molecular weight is 401 g/mol. The van der Waals surface area contributed by atoms with E-state index in [1.54, 1.807) is 57.5 Å². The molecule has 3 rings (SSSR count). The van der Waals surface area contributed by atoms with Crippen LogP contribution in [0.3, 0.4) is 0 Å². The first kappa shape index (κ1) is 20.3. The molecule has 0 bridgehead atoms. The first-order valence-electron chi connectivity index (χ1n) is 9.10. The number of amides is 1. The molecule has 0 saturated heterocycles. The number of rotatable bonds is 7. The van der Waals surface area contributed by atoms with E-state index in [-0.39, 0.29) is 11.6 Å². The minimum atomic E-state index is -0.622. The lowest BCUT2D eigenvalue weighted by molar-refractivity contribution is -0.124. The van der Waals surface area contributed by atoms with Gasteiger partial charge in [0.15, 0.2) is 18.1 Å². The third-order valence-corrected chi connectivity index (χ3v) is 4.39. The van der Waals surface area contributed by atoms with Crippen LogP contribution in [0.15, 0.2) is 36.4 Å². The van der Waals surface area contributed by atoms with Crippen molar-refractivity contribution >= 4 is 11.9 Å².